The first-order valence-corrected chi connectivity index (χ1v) is 5.50. The van der Waals surface area contributed by atoms with Gasteiger partial charge in [0.15, 0.2) is 0 Å². The molecule has 0 fully saturated rings. The first kappa shape index (κ1) is 9.23. The fraction of sp³-hybridized carbons (Fsp3) is 0. The minimum Gasteiger partial charge on any atom is -0.506 e. The maximum absolute atomic E-state index is 9.68. The van der Waals surface area contributed by atoms with Gasteiger partial charge in [0.2, 0.25) is 0 Å². The zero-order valence-electron chi connectivity index (χ0n) is 8.16. The predicted molar refractivity (Wildman–Crippen MR) is 62.3 cm³/mol. The Kier molecular flexibility index (Phi) is 2.04. The second kappa shape index (κ2) is 3.53. The summed E-state index contributed by atoms with van der Waals surface area (Å²) in [5, 5.41) is 10.5. The van der Waals surface area contributed by atoms with Gasteiger partial charge in [-0.05, 0) is 12.1 Å². The summed E-state index contributed by atoms with van der Waals surface area (Å²) in [7, 11) is 0. The number of nitrogens with zero attached hydrogens (tertiary/aromatic N) is 3. The van der Waals surface area contributed by atoms with Crippen molar-refractivity contribution in [2.45, 2.75) is 0 Å². The fourth-order valence-electron chi connectivity index (χ4n) is 1.46. The summed E-state index contributed by atoms with van der Waals surface area (Å²) in [6.07, 6.45) is 6.50. The zero-order chi connectivity index (χ0) is 11.0. The number of rotatable bonds is 1. The molecule has 0 atom stereocenters. The van der Waals surface area contributed by atoms with Gasteiger partial charge in [-0.15, -0.1) is 11.3 Å². The maximum Gasteiger partial charge on any atom is 0.144 e. The van der Waals surface area contributed by atoms with E-state index in [4.69, 9.17) is 0 Å². The summed E-state index contributed by atoms with van der Waals surface area (Å²) < 4.78 is 1.06. The lowest BCUT2D eigenvalue weighted by Crippen LogP contribution is -1.78. The molecule has 0 aliphatic rings. The normalized spacial score (nSPS) is 10.8. The van der Waals surface area contributed by atoms with E-state index in [0.717, 1.165) is 15.2 Å². The van der Waals surface area contributed by atoms with Gasteiger partial charge in [0, 0.05) is 12.4 Å². The van der Waals surface area contributed by atoms with Crippen molar-refractivity contribution in [3.8, 4) is 16.3 Å². The maximum atomic E-state index is 9.68. The Hall–Kier alpha value is -2.01. The predicted octanol–water partition coefficient (Wildman–Crippen LogP) is 2.46. The molecule has 3 aromatic heterocycles. The first-order valence-electron chi connectivity index (χ1n) is 4.68. The number of hydrogen-bond acceptors (Lipinski definition) is 5. The minimum atomic E-state index is 0.148. The lowest BCUT2D eigenvalue weighted by Gasteiger charge is -1.97. The topological polar surface area (TPSA) is 58.9 Å². The first-order chi connectivity index (χ1) is 7.84. The van der Waals surface area contributed by atoms with Crippen molar-refractivity contribution in [2.75, 3.05) is 0 Å². The molecule has 3 aromatic rings. The van der Waals surface area contributed by atoms with Crippen LogP contribution in [-0.4, -0.2) is 20.1 Å². The van der Waals surface area contributed by atoms with Crippen molar-refractivity contribution in [3.63, 3.8) is 0 Å². The van der Waals surface area contributed by atoms with Gasteiger partial charge < -0.3 is 5.11 Å². The summed E-state index contributed by atoms with van der Waals surface area (Å²) in [6, 6.07) is 3.66. The highest BCUT2D eigenvalue weighted by Crippen LogP contribution is 2.33. The summed E-state index contributed by atoms with van der Waals surface area (Å²) >= 11 is 1.53. The molecular weight excluding hydrogens is 222 g/mol. The summed E-state index contributed by atoms with van der Waals surface area (Å²) in [5.74, 6) is 0.148. The third kappa shape index (κ3) is 1.42. The van der Waals surface area contributed by atoms with E-state index < -0.39 is 0 Å². The fourth-order valence-corrected chi connectivity index (χ4v) is 2.43. The van der Waals surface area contributed by atoms with Gasteiger partial charge in [0.05, 0.1) is 22.7 Å². The van der Waals surface area contributed by atoms with Crippen LogP contribution >= 0.6 is 11.3 Å². The average molecular weight is 229 g/mol. The van der Waals surface area contributed by atoms with Gasteiger partial charge in [-0.1, -0.05) is 0 Å². The van der Waals surface area contributed by atoms with E-state index in [2.05, 4.69) is 15.0 Å². The Bertz CT molecular complexity index is 617. The van der Waals surface area contributed by atoms with Gasteiger partial charge in [-0.2, -0.15) is 0 Å². The quantitative estimate of drug-likeness (QED) is 0.696. The van der Waals surface area contributed by atoms with Crippen LogP contribution in [0.15, 0.2) is 36.9 Å². The Morgan fingerprint density at radius 2 is 1.88 bits per heavy atom. The SMILES string of the molecule is Oc1cnccc1-c1nc2cnccc2s1. The monoisotopic (exact) mass is 229 g/mol. The molecule has 5 heteroatoms. The van der Waals surface area contributed by atoms with E-state index in [0.29, 0.717) is 5.56 Å². The second-order valence-electron chi connectivity index (χ2n) is 3.26. The molecule has 78 valence electrons. The van der Waals surface area contributed by atoms with Crippen molar-refractivity contribution in [2.24, 2.45) is 0 Å². The van der Waals surface area contributed by atoms with Crippen LogP contribution in [0.4, 0.5) is 0 Å². The molecule has 0 saturated heterocycles. The molecule has 0 bridgehead atoms. The Labute approximate surface area is 95.3 Å². The molecule has 4 nitrogen and oxygen atoms in total. The van der Waals surface area contributed by atoms with Crippen LogP contribution in [0, 0.1) is 0 Å². The molecule has 0 spiro atoms. The zero-order valence-corrected chi connectivity index (χ0v) is 8.98. The van der Waals surface area contributed by atoms with Crippen LogP contribution in [0.5, 0.6) is 5.75 Å². The van der Waals surface area contributed by atoms with E-state index in [1.807, 2.05) is 6.07 Å². The van der Waals surface area contributed by atoms with E-state index in [1.165, 1.54) is 17.5 Å². The van der Waals surface area contributed by atoms with Gasteiger partial charge in [0.25, 0.3) is 0 Å². The Morgan fingerprint density at radius 3 is 2.69 bits per heavy atom. The Balaban J connectivity index is 2.23. The Morgan fingerprint density at radius 1 is 1.06 bits per heavy atom. The number of hydrogen-bond donors (Lipinski definition) is 1. The van der Waals surface area contributed by atoms with Crippen LogP contribution < -0.4 is 0 Å². The molecule has 0 saturated carbocycles. The van der Waals surface area contributed by atoms with E-state index in [9.17, 15) is 5.11 Å². The van der Waals surface area contributed by atoms with Crippen LogP contribution in [0.1, 0.15) is 0 Å². The molecule has 3 rings (SSSR count). The van der Waals surface area contributed by atoms with Crippen molar-refractivity contribution in [1.29, 1.82) is 0 Å². The van der Waals surface area contributed by atoms with Gasteiger partial charge in [0.1, 0.15) is 16.3 Å². The molecule has 0 aliphatic carbocycles. The van der Waals surface area contributed by atoms with Crippen LogP contribution in [-0.2, 0) is 0 Å². The van der Waals surface area contributed by atoms with E-state index in [1.54, 1.807) is 24.7 Å². The van der Waals surface area contributed by atoms with Crippen molar-refractivity contribution in [1.82, 2.24) is 15.0 Å². The van der Waals surface area contributed by atoms with E-state index >= 15 is 0 Å². The largest absolute Gasteiger partial charge is 0.506 e. The number of fused-ring (bicyclic) bond motifs is 1. The lowest BCUT2D eigenvalue weighted by atomic mass is 10.2. The van der Waals surface area contributed by atoms with Gasteiger partial charge in [-0.25, -0.2) is 4.98 Å². The van der Waals surface area contributed by atoms with Crippen molar-refractivity contribution < 1.29 is 5.11 Å². The highest BCUT2D eigenvalue weighted by atomic mass is 32.1. The molecule has 0 amide bonds. The third-order valence-electron chi connectivity index (χ3n) is 2.22. The molecule has 1 N–H and O–H groups in total. The number of pyridine rings is 2. The minimum absolute atomic E-state index is 0.148. The van der Waals surface area contributed by atoms with Crippen LogP contribution in [0.25, 0.3) is 20.8 Å². The van der Waals surface area contributed by atoms with Crippen LogP contribution in [0.2, 0.25) is 0 Å². The summed E-state index contributed by atoms with van der Waals surface area (Å²) in [6.45, 7) is 0. The van der Waals surface area contributed by atoms with Crippen molar-refractivity contribution >= 4 is 21.6 Å². The third-order valence-corrected chi connectivity index (χ3v) is 3.29. The smallest absolute Gasteiger partial charge is 0.144 e. The summed E-state index contributed by atoms with van der Waals surface area (Å²) in [5.41, 5.74) is 1.55. The van der Waals surface area contributed by atoms with Crippen molar-refractivity contribution in [3.05, 3.63) is 36.9 Å². The molecule has 0 aliphatic heterocycles. The molecule has 3 heterocycles. The van der Waals surface area contributed by atoms with Gasteiger partial charge >= 0.3 is 0 Å². The molecule has 16 heavy (non-hydrogen) atoms. The van der Waals surface area contributed by atoms with Gasteiger partial charge in [-0.3, -0.25) is 9.97 Å². The highest BCUT2D eigenvalue weighted by molar-refractivity contribution is 7.21. The number of thiazole rings is 1. The molecule has 0 aromatic carbocycles. The highest BCUT2D eigenvalue weighted by Gasteiger charge is 2.09. The average Bonchev–Trinajstić information content (AvgIpc) is 2.73. The molecular formula is C11H7N3OS. The number of aromatic hydroxyl groups is 1. The standard InChI is InChI=1S/C11H7N3OS/c15-9-6-13-3-1-7(9)11-14-8-5-12-4-2-10(8)16-11/h1-6,15H. The second-order valence-corrected chi connectivity index (χ2v) is 4.29. The molecule has 0 unspecified atom stereocenters. The summed E-state index contributed by atoms with van der Waals surface area (Å²) in [4.78, 5) is 12.3. The van der Waals surface area contributed by atoms with Crippen LogP contribution in [0.3, 0.4) is 0 Å². The number of aromatic nitrogens is 3. The molecule has 0 radical (unpaired) electrons. The van der Waals surface area contributed by atoms with E-state index in [-0.39, 0.29) is 5.75 Å². The lowest BCUT2D eigenvalue weighted by molar-refractivity contribution is 0.474.